The Balaban J connectivity index is 1.98. The van der Waals surface area contributed by atoms with Gasteiger partial charge in [0.25, 0.3) is 0 Å². The van der Waals surface area contributed by atoms with Crippen LogP contribution in [0.1, 0.15) is 10.8 Å². The van der Waals surface area contributed by atoms with E-state index in [0.717, 1.165) is 15.7 Å². The molecule has 0 unspecified atom stereocenters. The number of thiazole rings is 1. The van der Waals surface area contributed by atoms with Crippen molar-refractivity contribution < 1.29 is 4.42 Å². The molecule has 0 radical (unpaired) electrons. The van der Waals surface area contributed by atoms with Gasteiger partial charge in [0.2, 0.25) is 0 Å². The molecule has 0 amide bonds. The Kier molecular flexibility index (Phi) is 4.00. The number of furan rings is 1. The van der Waals surface area contributed by atoms with Gasteiger partial charge in [-0.3, -0.25) is 0 Å². The summed E-state index contributed by atoms with van der Waals surface area (Å²) in [5, 5.41) is 11.9. The summed E-state index contributed by atoms with van der Waals surface area (Å²) in [6, 6.07) is 13.6. The fourth-order valence-electron chi connectivity index (χ4n) is 1.85. The number of benzene rings is 1. The van der Waals surface area contributed by atoms with Crippen LogP contribution in [0.15, 0.2) is 56.9 Å². The normalized spacial score (nSPS) is 11.3. The van der Waals surface area contributed by atoms with Gasteiger partial charge in [-0.1, -0.05) is 34.1 Å². The van der Waals surface area contributed by atoms with Crippen LogP contribution in [0.5, 0.6) is 0 Å². The molecule has 3 aromatic rings. The molecule has 1 aromatic carbocycles. The Bertz CT molecular complexity index is 828. The zero-order valence-electron chi connectivity index (χ0n) is 10.8. The second kappa shape index (κ2) is 6.08. The molecule has 0 N–H and O–H groups in total. The van der Waals surface area contributed by atoms with E-state index in [-0.39, 0.29) is 0 Å². The lowest BCUT2D eigenvalue weighted by atomic mass is 10.2. The summed E-state index contributed by atoms with van der Waals surface area (Å²) in [6.07, 6.45) is 3.28. The van der Waals surface area contributed by atoms with Crippen LogP contribution in [0.2, 0.25) is 0 Å². The van der Waals surface area contributed by atoms with E-state index < -0.39 is 0 Å². The van der Waals surface area contributed by atoms with Crippen molar-refractivity contribution in [1.29, 1.82) is 5.26 Å². The average molecular weight is 357 g/mol. The molecule has 0 spiro atoms. The van der Waals surface area contributed by atoms with Gasteiger partial charge in [-0.15, -0.1) is 11.3 Å². The summed E-state index contributed by atoms with van der Waals surface area (Å²) in [5.74, 6) is 0.643. The van der Waals surface area contributed by atoms with Crippen molar-refractivity contribution in [2.75, 3.05) is 0 Å². The number of hydrogen-bond donors (Lipinski definition) is 0. The highest BCUT2D eigenvalue weighted by molar-refractivity contribution is 9.10. The van der Waals surface area contributed by atoms with Gasteiger partial charge in [-0.05, 0) is 18.2 Å². The molecule has 0 saturated heterocycles. The first-order valence-electron chi connectivity index (χ1n) is 6.14. The Morgan fingerprint density at radius 3 is 2.86 bits per heavy atom. The summed E-state index contributed by atoms with van der Waals surface area (Å²) < 4.78 is 6.22. The molecule has 0 aliphatic rings. The number of allylic oxidation sites excluding steroid dienone is 1. The number of nitriles is 1. The van der Waals surface area contributed by atoms with Crippen molar-refractivity contribution in [2.24, 2.45) is 0 Å². The maximum Gasteiger partial charge on any atom is 0.134 e. The van der Waals surface area contributed by atoms with E-state index in [1.165, 1.54) is 11.3 Å². The number of halogens is 1. The van der Waals surface area contributed by atoms with E-state index in [4.69, 9.17) is 4.42 Å². The molecule has 0 aliphatic heterocycles. The van der Waals surface area contributed by atoms with Gasteiger partial charge in [-0.25, -0.2) is 4.98 Å². The smallest absolute Gasteiger partial charge is 0.134 e. The number of aromatic nitrogens is 1. The summed E-state index contributed by atoms with van der Waals surface area (Å²) in [4.78, 5) is 4.55. The van der Waals surface area contributed by atoms with Gasteiger partial charge in [-0.2, -0.15) is 5.26 Å². The van der Waals surface area contributed by atoms with Gasteiger partial charge in [0.05, 0.1) is 17.5 Å². The van der Waals surface area contributed by atoms with Gasteiger partial charge < -0.3 is 4.42 Å². The number of rotatable bonds is 3. The van der Waals surface area contributed by atoms with E-state index in [1.54, 1.807) is 24.5 Å². The van der Waals surface area contributed by atoms with Gasteiger partial charge >= 0.3 is 0 Å². The highest BCUT2D eigenvalue weighted by atomic mass is 79.9. The van der Waals surface area contributed by atoms with Crippen LogP contribution in [0, 0.1) is 11.3 Å². The summed E-state index contributed by atoms with van der Waals surface area (Å²) in [7, 11) is 0. The molecular weight excluding hydrogens is 348 g/mol. The molecule has 2 heterocycles. The van der Waals surface area contributed by atoms with Crippen molar-refractivity contribution in [3.8, 4) is 17.3 Å². The van der Waals surface area contributed by atoms with Crippen molar-refractivity contribution in [3.63, 3.8) is 0 Å². The summed E-state index contributed by atoms with van der Waals surface area (Å²) in [5.41, 5.74) is 2.35. The van der Waals surface area contributed by atoms with Crippen LogP contribution >= 0.6 is 27.3 Å². The predicted octanol–water partition coefficient (Wildman–Crippen LogP) is 5.23. The van der Waals surface area contributed by atoms with Crippen molar-refractivity contribution in [3.05, 3.63) is 63.3 Å². The van der Waals surface area contributed by atoms with Gasteiger partial charge in [0.15, 0.2) is 0 Å². The molecule has 2 aromatic heterocycles. The molecule has 0 aliphatic carbocycles. The molecule has 0 fully saturated rings. The lowest BCUT2D eigenvalue weighted by Gasteiger charge is -1.99. The van der Waals surface area contributed by atoms with Crippen molar-refractivity contribution in [2.45, 2.75) is 0 Å². The fourth-order valence-corrected chi connectivity index (χ4v) is 3.12. The van der Waals surface area contributed by atoms with Crippen LogP contribution in [0.3, 0.4) is 0 Å². The van der Waals surface area contributed by atoms with Crippen LogP contribution in [0.4, 0.5) is 0 Å². The third-order valence-electron chi connectivity index (χ3n) is 2.83. The molecule has 3 nitrogen and oxygen atoms in total. The molecule has 0 saturated carbocycles. The third kappa shape index (κ3) is 2.97. The van der Waals surface area contributed by atoms with Crippen LogP contribution in [0.25, 0.3) is 22.9 Å². The maximum atomic E-state index is 9.31. The quantitative estimate of drug-likeness (QED) is 0.603. The van der Waals surface area contributed by atoms with Crippen LogP contribution in [-0.4, -0.2) is 4.98 Å². The topological polar surface area (TPSA) is 49.8 Å². The number of hydrogen-bond acceptors (Lipinski definition) is 4. The van der Waals surface area contributed by atoms with Crippen LogP contribution in [-0.2, 0) is 0 Å². The highest BCUT2D eigenvalue weighted by Crippen LogP contribution is 2.31. The summed E-state index contributed by atoms with van der Waals surface area (Å²) >= 11 is 4.96. The minimum atomic E-state index is 0.494. The van der Waals surface area contributed by atoms with Gasteiger partial charge in [0.1, 0.15) is 16.8 Å². The monoisotopic (exact) mass is 356 g/mol. The highest BCUT2D eigenvalue weighted by Gasteiger charge is 2.11. The predicted molar refractivity (Wildman–Crippen MR) is 87.4 cm³/mol. The van der Waals surface area contributed by atoms with E-state index in [9.17, 15) is 5.26 Å². The van der Waals surface area contributed by atoms with E-state index in [1.807, 2.05) is 29.6 Å². The molecule has 0 atom stereocenters. The Labute approximate surface area is 134 Å². The zero-order valence-corrected chi connectivity index (χ0v) is 13.2. The Morgan fingerprint density at radius 1 is 1.29 bits per heavy atom. The van der Waals surface area contributed by atoms with E-state index >= 15 is 0 Å². The first kappa shape index (κ1) is 13.8. The zero-order chi connectivity index (χ0) is 14.7. The lowest BCUT2D eigenvalue weighted by molar-refractivity contribution is 0.557. The number of nitrogens with zero attached hydrogens (tertiary/aromatic N) is 2. The Hall–Kier alpha value is -2.16. The largest absolute Gasteiger partial charge is 0.465 e. The molecule has 102 valence electrons. The first-order valence-corrected chi connectivity index (χ1v) is 7.81. The van der Waals surface area contributed by atoms with Crippen LogP contribution < -0.4 is 0 Å². The minimum absolute atomic E-state index is 0.494. The molecule has 0 bridgehead atoms. The average Bonchev–Trinajstić information content (AvgIpc) is 3.17. The second-order valence-electron chi connectivity index (χ2n) is 4.20. The molecule has 3 rings (SSSR count). The minimum Gasteiger partial charge on any atom is -0.465 e. The van der Waals surface area contributed by atoms with E-state index in [0.29, 0.717) is 16.3 Å². The fraction of sp³-hybridized carbons (Fsp3) is 0. The lowest BCUT2D eigenvalue weighted by Crippen LogP contribution is -1.83. The summed E-state index contributed by atoms with van der Waals surface area (Å²) in [6.45, 7) is 0. The standard InChI is InChI=1S/C16H9BrN2OS/c17-14-6-2-1-5-13(14)15-10-21-16(19-15)11(9-18)8-12-4-3-7-20-12/h1-8,10H/b11-8+. The third-order valence-corrected chi connectivity index (χ3v) is 4.40. The van der Waals surface area contributed by atoms with Gasteiger partial charge in [0, 0.05) is 21.5 Å². The Morgan fingerprint density at radius 2 is 2.14 bits per heavy atom. The molecule has 5 heteroatoms. The first-order chi connectivity index (χ1) is 10.3. The maximum absolute atomic E-state index is 9.31. The second-order valence-corrected chi connectivity index (χ2v) is 5.92. The van der Waals surface area contributed by atoms with E-state index in [2.05, 4.69) is 27.0 Å². The van der Waals surface area contributed by atoms with Crippen molar-refractivity contribution >= 4 is 38.9 Å². The molecular formula is C16H9BrN2OS. The SMILES string of the molecule is N#C/C(=C\c1ccco1)c1nc(-c2ccccc2Br)cs1. The van der Waals surface area contributed by atoms with Crippen molar-refractivity contribution in [1.82, 2.24) is 4.98 Å². The molecule has 21 heavy (non-hydrogen) atoms.